The predicted molar refractivity (Wildman–Crippen MR) is 76.2 cm³/mol. The van der Waals surface area contributed by atoms with E-state index < -0.39 is 0 Å². The summed E-state index contributed by atoms with van der Waals surface area (Å²) in [5.74, 6) is -0.232. The van der Waals surface area contributed by atoms with Gasteiger partial charge in [-0.05, 0) is 37.0 Å². The Morgan fingerprint density at radius 3 is 2.53 bits per heavy atom. The topological polar surface area (TPSA) is 41.6 Å². The highest BCUT2D eigenvalue weighted by atomic mass is 16.5. The standard InChI is InChI=1S/C15H22N2O2/c1-19-15(18)12-16-11-13-5-7-14(8-6-13)17-9-3-2-4-10-17/h5-8,16H,2-4,9-12H2,1H3. The van der Waals surface area contributed by atoms with Crippen molar-refractivity contribution in [1.82, 2.24) is 5.32 Å². The van der Waals surface area contributed by atoms with Crippen molar-refractivity contribution in [3.05, 3.63) is 29.8 Å². The lowest BCUT2D eigenvalue weighted by Gasteiger charge is -2.28. The van der Waals surface area contributed by atoms with Crippen molar-refractivity contribution >= 4 is 11.7 Å². The van der Waals surface area contributed by atoms with Gasteiger partial charge in [0, 0.05) is 25.3 Å². The molecule has 1 fully saturated rings. The summed E-state index contributed by atoms with van der Waals surface area (Å²) >= 11 is 0. The van der Waals surface area contributed by atoms with Crippen molar-refractivity contribution in [2.45, 2.75) is 25.8 Å². The summed E-state index contributed by atoms with van der Waals surface area (Å²) in [5, 5.41) is 3.06. The first kappa shape index (κ1) is 13.9. The number of hydrogen-bond donors (Lipinski definition) is 1. The second kappa shape index (κ2) is 7.14. The van der Waals surface area contributed by atoms with Crippen LogP contribution < -0.4 is 10.2 Å². The molecule has 1 aliphatic heterocycles. The highest BCUT2D eigenvalue weighted by Gasteiger charge is 2.10. The van der Waals surface area contributed by atoms with Gasteiger partial charge < -0.3 is 15.0 Å². The Morgan fingerprint density at radius 1 is 1.21 bits per heavy atom. The molecule has 2 rings (SSSR count). The minimum atomic E-state index is -0.232. The van der Waals surface area contributed by atoms with Gasteiger partial charge in [-0.25, -0.2) is 0 Å². The fraction of sp³-hybridized carbons (Fsp3) is 0.533. The molecule has 1 aliphatic rings. The summed E-state index contributed by atoms with van der Waals surface area (Å²) in [4.78, 5) is 13.4. The average molecular weight is 262 g/mol. The van der Waals surface area contributed by atoms with Gasteiger partial charge in [-0.2, -0.15) is 0 Å². The molecule has 1 heterocycles. The summed E-state index contributed by atoms with van der Waals surface area (Å²) in [5.41, 5.74) is 2.49. The van der Waals surface area contributed by atoms with Crippen LogP contribution in [0.1, 0.15) is 24.8 Å². The Morgan fingerprint density at radius 2 is 1.89 bits per heavy atom. The Kier molecular flexibility index (Phi) is 5.21. The summed E-state index contributed by atoms with van der Waals surface area (Å²) in [6.45, 7) is 3.28. The largest absolute Gasteiger partial charge is 0.468 e. The van der Waals surface area contributed by atoms with Crippen LogP contribution in [0.2, 0.25) is 0 Å². The molecule has 0 radical (unpaired) electrons. The maximum absolute atomic E-state index is 11.0. The van der Waals surface area contributed by atoms with Crippen molar-refractivity contribution < 1.29 is 9.53 Å². The number of carbonyl (C=O) groups is 1. The zero-order valence-corrected chi connectivity index (χ0v) is 11.5. The highest BCUT2D eigenvalue weighted by molar-refractivity contribution is 5.71. The van der Waals surface area contributed by atoms with Gasteiger partial charge in [-0.3, -0.25) is 4.79 Å². The van der Waals surface area contributed by atoms with E-state index in [2.05, 4.69) is 39.2 Å². The number of methoxy groups -OCH3 is 1. The van der Waals surface area contributed by atoms with Crippen molar-refractivity contribution in [1.29, 1.82) is 0 Å². The zero-order chi connectivity index (χ0) is 13.5. The van der Waals surface area contributed by atoms with E-state index in [4.69, 9.17) is 0 Å². The van der Waals surface area contributed by atoms with Gasteiger partial charge in [0.15, 0.2) is 0 Å². The molecule has 4 nitrogen and oxygen atoms in total. The molecule has 0 aliphatic carbocycles. The second-order valence-corrected chi connectivity index (χ2v) is 4.89. The summed E-state index contributed by atoms with van der Waals surface area (Å²) in [7, 11) is 1.40. The maximum atomic E-state index is 11.0. The smallest absolute Gasteiger partial charge is 0.319 e. The summed E-state index contributed by atoms with van der Waals surface area (Å²) in [6.07, 6.45) is 3.94. The number of hydrogen-bond acceptors (Lipinski definition) is 4. The van der Waals surface area contributed by atoms with Gasteiger partial charge in [0.2, 0.25) is 0 Å². The SMILES string of the molecule is COC(=O)CNCc1ccc(N2CCCCC2)cc1. The molecule has 1 saturated heterocycles. The van der Waals surface area contributed by atoms with Crippen LogP contribution >= 0.6 is 0 Å². The van der Waals surface area contributed by atoms with Crippen LogP contribution in [0.5, 0.6) is 0 Å². The van der Waals surface area contributed by atoms with Gasteiger partial charge in [0.25, 0.3) is 0 Å². The summed E-state index contributed by atoms with van der Waals surface area (Å²) in [6, 6.07) is 8.57. The summed E-state index contributed by atoms with van der Waals surface area (Å²) < 4.78 is 4.58. The molecule has 0 atom stereocenters. The van der Waals surface area contributed by atoms with E-state index in [-0.39, 0.29) is 12.5 Å². The maximum Gasteiger partial charge on any atom is 0.319 e. The molecule has 1 N–H and O–H groups in total. The molecule has 0 saturated carbocycles. The molecule has 0 bridgehead atoms. The fourth-order valence-electron chi connectivity index (χ4n) is 2.36. The minimum Gasteiger partial charge on any atom is -0.468 e. The van der Waals surface area contributed by atoms with Crippen molar-refractivity contribution in [2.75, 3.05) is 31.6 Å². The molecule has 19 heavy (non-hydrogen) atoms. The first-order valence-corrected chi connectivity index (χ1v) is 6.91. The van der Waals surface area contributed by atoms with Gasteiger partial charge in [0.1, 0.15) is 0 Å². The Hall–Kier alpha value is -1.55. The quantitative estimate of drug-likeness (QED) is 0.823. The first-order chi connectivity index (χ1) is 9.29. The molecule has 0 amide bonds. The second-order valence-electron chi connectivity index (χ2n) is 4.89. The van der Waals surface area contributed by atoms with E-state index in [1.165, 1.54) is 50.7 Å². The number of carbonyl (C=O) groups excluding carboxylic acids is 1. The molecule has 1 aromatic rings. The first-order valence-electron chi connectivity index (χ1n) is 6.91. The van der Waals surface area contributed by atoms with Crippen LogP contribution in [0.4, 0.5) is 5.69 Å². The third-order valence-corrected chi connectivity index (χ3v) is 3.48. The van der Waals surface area contributed by atoms with E-state index in [1.807, 2.05) is 0 Å². The zero-order valence-electron chi connectivity index (χ0n) is 11.5. The van der Waals surface area contributed by atoms with Crippen LogP contribution in [0, 0.1) is 0 Å². The van der Waals surface area contributed by atoms with E-state index in [1.54, 1.807) is 0 Å². The van der Waals surface area contributed by atoms with E-state index in [9.17, 15) is 4.79 Å². The number of anilines is 1. The number of rotatable bonds is 5. The van der Waals surface area contributed by atoms with E-state index >= 15 is 0 Å². The van der Waals surface area contributed by atoms with E-state index in [0.29, 0.717) is 6.54 Å². The molecule has 0 aromatic heterocycles. The molecule has 1 aromatic carbocycles. The molecular formula is C15H22N2O2. The number of piperidine rings is 1. The highest BCUT2D eigenvalue weighted by Crippen LogP contribution is 2.20. The van der Waals surface area contributed by atoms with Gasteiger partial charge in [0.05, 0.1) is 13.7 Å². The van der Waals surface area contributed by atoms with Crippen LogP contribution in [0.25, 0.3) is 0 Å². The molecule has 0 unspecified atom stereocenters. The van der Waals surface area contributed by atoms with Gasteiger partial charge >= 0.3 is 5.97 Å². The van der Waals surface area contributed by atoms with Crippen LogP contribution in [-0.4, -0.2) is 32.7 Å². The molecule has 104 valence electrons. The van der Waals surface area contributed by atoms with Crippen LogP contribution in [0.3, 0.4) is 0 Å². The predicted octanol–water partition coefficient (Wildman–Crippen LogP) is 1.94. The van der Waals surface area contributed by atoms with Crippen molar-refractivity contribution in [2.24, 2.45) is 0 Å². The van der Waals surface area contributed by atoms with Crippen molar-refractivity contribution in [3.63, 3.8) is 0 Å². The Bertz CT molecular complexity index is 397. The monoisotopic (exact) mass is 262 g/mol. The molecule has 4 heteroatoms. The van der Waals surface area contributed by atoms with Gasteiger partial charge in [-0.1, -0.05) is 12.1 Å². The lowest BCUT2D eigenvalue weighted by molar-refractivity contribution is -0.139. The average Bonchev–Trinajstić information content (AvgIpc) is 2.48. The minimum absolute atomic E-state index is 0.232. The van der Waals surface area contributed by atoms with E-state index in [0.717, 1.165) is 0 Å². The Balaban J connectivity index is 1.82. The lowest BCUT2D eigenvalue weighted by Crippen LogP contribution is -2.29. The molecular weight excluding hydrogens is 240 g/mol. The third-order valence-electron chi connectivity index (χ3n) is 3.48. The van der Waals surface area contributed by atoms with Crippen LogP contribution in [-0.2, 0) is 16.1 Å². The molecule has 0 spiro atoms. The number of benzene rings is 1. The normalized spacial score (nSPS) is 15.3. The number of esters is 1. The number of nitrogens with one attached hydrogen (secondary N) is 1. The number of nitrogens with zero attached hydrogens (tertiary/aromatic N) is 1. The Labute approximate surface area is 114 Å². The number of ether oxygens (including phenoxy) is 1. The fourth-order valence-corrected chi connectivity index (χ4v) is 2.36. The lowest BCUT2D eigenvalue weighted by atomic mass is 10.1. The van der Waals surface area contributed by atoms with Crippen LogP contribution in [0.15, 0.2) is 24.3 Å². The third kappa shape index (κ3) is 4.24. The van der Waals surface area contributed by atoms with Crippen molar-refractivity contribution in [3.8, 4) is 0 Å². The van der Waals surface area contributed by atoms with Gasteiger partial charge in [-0.15, -0.1) is 0 Å².